The van der Waals surface area contributed by atoms with E-state index in [1.165, 1.54) is 101 Å². The van der Waals surface area contributed by atoms with Crippen LogP contribution in [0.3, 0.4) is 0 Å². The monoisotopic (exact) mass is 481 g/mol. The molecule has 3 aromatic rings. The average molecular weight is 482 g/mol. The summed E-state index contributed by atoms with van der Waals surface area (Å²) >= 11 is 0. The molecule has 36 heavy (non-hydrogen) atoms. The number of benzene rings is 3. The topological polar surface area (TPSA) is 9.72 Å². The minimum atomic E-state index is 0.612. The van der Waals surface area contributed by atoms with Gasteiger partial charge in [0.1, 0.15) is 0 Å². The molecule has 3 aromatic carbocycles. The molecule has 2 aliphatic rings. The minimum absolute atomic E-state index is 0.612. The van der Waals surface area contributed by atoms with Gasteiger partial charge in [0.25, 0.3) is 0 Å². The van der Waals surface area contributed by atoms with Crippen LogP contribution in [0.2, 0.25) is 0 Å². The third-order valence-corrected chi connectivity index (χ3v) is 8.19. The van der Waals surface area contributed by atoms with Crippen molar-refractivity contribution < 1.29 is 0 Å². The number of aryl methyl sites for hydroxylation is 3. The van der Waals surface area contributed by atoms with E-state index in [1.807, 2.05) is 0 Å². The maximum atomic E-state index is 2.88. The normalized spacial score (nSPS) is 21.0. The lowest BCUT2D eigenvalue weighted by Gasteiger charge is -2.56. The first-order valence-electron chi connectivity index (χ1n) is 14.2. The Morgan fingerprint density at radius 1 is 0.472 bits per heavy atom. The van der Waals surface area contributed by atoms with E-state index in [0.29, 0.717) is 12.3 Å². The summed E-state index contributed by atoms with van der Waals surface area (Å²) < 4.78 is 0. The van der Waals surface area contributed by atoms with Crippen molar-refractivity contribution in [1.82, 2.24) is 14.7 Å². The van der Waals surface area contributed by atoms with Crippen LogP contribution in [0, 0.1) is 0 Å². The zero-order chi connectivity index (χ0) is 24.4. The Morgan fingerprint density at radius 3 is 1.22 bits per heavy atom. The zero-order valence-electron chi connectivity index (χ0n) is 21.8. The van der Waals surface area contributed by atoms with Crippen molar-refractivity contribution in [1.29, 1.82) is 0 Å². The second kappa shape index (κ2) is 13.2. The van der Waals surface area contributed by atoms with Crippen LogP contribution >= 0.6 is 0 Å². The molecule has 2 aliphatic heterocycles. The van der Waals surface area contributed by atoms with Crippen molar-refractivity contribution in [2.45, 2.75) is 63.7 Å². The lowest BCUT2D eigenvalue weighted by molar-refractivity contribution is -0.130. The summed E-state index contributed by atoms with van der Waals surface area (Å²) in [5.41, 5.74) is 4.42. The van der Waals surface area contributed by atoms with Crippen molar-refractivity contribution >= 4 is 0 Å². The van der Waals surface area contributed by atoms with Crippen LogP contribution in [0.4, 0.5) is 0 Å². The van der Waals surface area contributed by atoms with Gasteiger partial charge in [0.2, 0.25) is 0 Å². The summed E-state index contributed by atoms with van der Waals surface area (Å²) in [6.45, 7) is 6.13. The molecule has 0 aromatic heterocycles. The number of rotatable bonds is 12. The van der Waals surface area contributed by atoms with Gasteiger partial charge in [0, 0.05) is 19.6 Å². The van der Waals surface area contributed by atoms with E-state index in [0.717, 1.165) is 0 Å². The largest absolute Gasteiger partial charge is 0.288 e. The summed E-state index contributed by atoms with van der Waals surface area (Å²) in [5.74, 6) is 0. The first-order chi connectivity index (χ1) is 17.9. The average Bonchev–Trinajstić information content (AvgIpc) is 2.93. The Bertz CT molecular complexity index is 945. The predicted octanol–water partition coefficient (Wildman–Crippen LogP) is 6.25. The van der Waals surface area contributed by atoms with E-state index >= 15 is 0 Å². The highest BCUT2D eigenvalue weighted by Gasteiger charge is 2.41. The van der Waals surface area contributed by atoms with E-state index in [2.05, 4.69) is 106 Å². The fourth-order valence-electron chi connectivity index (χ4n) is 6.37. The minimum Gasteiger partial charge on any atom is -0.288 e. The van der Waals surface area contributed by atoms with Gasteiger partial charge >= 0.3 is 0 Å². The standard InChI is InChI=1S/C33H43N3/c1-4-13-29(14-5-1)19-10-24-34-27-22-33-35(25-11-20-30-15-6-2-7-16-30)28-23-32(34)36(33)26-12-21-31-17-8-3-9-18-31/h1-9,13-18,32-33H,10-12,19-28H2. The van der Waals surface area contributed by atoms with Crippen LogP contribution in [0.1, 0.15) is 48.8 Å². The van der Waals surface area contributed by atoms with Crippen LogP contribution in [0.5, 0.6) is 0 Å². The van der Waals surface area contributed by atoms with Crippen LogP contribution < -0.4 is 0 Å². The third kappa shape index (κ3) is 6.85. The van der Waals surface area contributed by atoms with Gasteiger partial charge in [-0.25, -0.2) is 0 Å². The molecule has 2 heterocycles. The second-order valence-electron chi connectivity index (χ2n) is 10.6. The Kier molecular flexibility index (Phi) is 9.23. The maximum Gasteiger partial charge on any atom is 0.0648 e. The zero-order valence-corrected chi connectivity index (χ0v) is 21.8. The second-order valence-corrected chi connectivity index (χ2v) is 10.6. The summed E-state index contributed by atoms with van der Waals surface area (Å²) in [4.78, 5) is 8.49. The number of hydrogen-bond donors (Lipinski definition) is 0. The molecule has 0 spiro atoms. The molecular formula is C33H43N3. The fraction of sp³-hybridized carbons (Fsp3) is 0.455. The summed E-state index contributed by atoms with van der Waals surface area (Å²) in [6.07, 6.45) is 11.1. The van der Waals surface area contributed by atoms with Gasteiger partial charge in [0.15, 0.2) is 0 Å². The van der Waals surface area contributed by atoms with Crippen molar-refractivity contribution in [3.05, 3.63) is 108 Å². The van der Waals surface area contributed by atoms with E-state index in [4.69, 9.17) is 0 Å². The molecule has 0 N–H and O–H groups in total. The van der Waals surface area contributed by atoms with Gasteiger partial charge in [0.05, 0.1) is 12.3 Å². The van der Waals surface area contributed by atoms with Crippen LogP contribution in [0.25, 0.3) is 0 Å². The molecule has 2 bridgehead atoms. The highest BCUT2D eigenvalue weighted by molar-refractivity contribution is 5.16. The van der Waals surface area contributed by atoms with Gasteiger partial charge in [-0.15, -0.1) is 0 Å². The predicted molar refractivity (Wildman–Crippen MR) is 151 cm³/mol. The summed E-state index contributed by atoms with van der Waals surface area (Å²) in [7, 11) is 0. The molecule has 2 unspecified atom stereocenters. The molecular weight excluding hydrogens is 438 g/mol. The maximum absolute atomic E-state index is 2.88. The molecule has 3 nitrogen and oxygen atoms in total. The summed E-state index contributed by atoms with van der Waals surface area (Å²) in [5, 5.41) is 0. The smallest absolute Gasteiger partial charge is 0.0648 e. The third-order valence-electron chi connectivity index (χ3n) is 8.19. The molecule has 2 saturated heterocycles. The van der Waals surface area contributed by atoms with Gasteiger partial charge < -0.3 is 0 Å². The molecule has 3 heteroatoms. The Labute approximate surface area is 218 Å². The Balaban J connectivity index is 1.18. The lowest BCUT2D eigenvalue weighted by Crippen LogP contribution is -2.67. The molecule has 0 saturated carbocycles. The van der Waals surface area contributed by atoms with Crippen LogP contribution in [0.15, 0.2) is 91.0 Å². The van der Waals surface area contributed by atoms with Gasteiger partial charge in [-0.3, -0.25) is 14.7 Å². The first-order valence-corrected chi connectivity index (χ1v) is 14.2. The first kappa shape index (κ1) is 25.2. The quantitative estimate of drug-likeness (QED) is 0.303. The fourth-order valence-corrected chi connectivity index (χ4v) is 6.37. The number of fused-ring (bicyclic) bond motifs is 2. The molecule has 5 rings (SSSR count). The molecule has 0 radical (unpaired) electrons. The number of hydrogen-bond acceptors (Lipinski definition) is 3. The van der Waals surface area contributed by atoms with Crippen molar-refractivity contribution in [2.75, 3.05) is 32.7 Å². The SMILES string of the molecule is c1ccc(CCCN2CCC3N(CCCc4ccccc4)CCC2N3CCCc2ccccc2)cc1. The molecule has 2 fully saturated rings. The van der Waals surface area contributed by atoms with E-state index in [1.54, 1.807) is 0 Å². The molecule has 0 amide bonds. The van der Waals surface area contributed by atoms with E-state index in [-0.39, 0.29) is 0 Å². The molecule has 2 atom stereocenters. The lowest BCUT2D eigenvalue weighted by atomic mass is 10.00. The van der Waals surface area contributed by atoms with Crippen molar-refractivity contribution in [3.8, 4) is 0 Å². The highest BCUT2D eigenvalue weighted by atomic mass is 15.5. The van der Waals surface area contributed by atoms with Crippen LogP contribution in [-0.2, 0) is 19.3 Å². The number of nitrogens with zero attached hydrogens (tertiary/aromatic N) is 3. The van der Waals surface area contributed by atoms with Crippen molar-refractivity contribution in [3.63, 3.8) is 0 Å². The highest BCUT2D eigenvalue weighted by Crippen LogP contribution is 2.31. The Morgan fingerprint density at radius 2 is 0.833 bits per heavy atom. The van der Waals surface area contributed by atoms with Gasteiger partial charge in [-0.2, -0.15) is 0 Å². The van der Waals surface area contributed by atoms with E-state index in [9.17, 15) is 0 Å². The van der Waals surface area contributed by atoms with Gasteiger partial charge in [-0.05, 0) is 81.1 Å². The Hall–Kier alpha value is -2.46. The summed E-state index contributed by atoms with van der Waals surface area (Å²) in [6, 6.07) is 33.0. The van der Waals surface area contributed by atoms with Gasteiger partial charge in [-0.1, -0.05) is 91.0 Å². The molecule has 190 valence electrons. The molecule has 0 aliphatic carbocycles. The van der Waals surface area contributed by atoms with Crippen LogP contribution in [-0.4, -0.2) is 59.8 Å². The van der Waals surface area contributed by atoms with E-state index < -0.39 is 0 Å². The van der Waals surface area contributed by atoms with Crippen molar-refractivity contribution in [2.24, 2.45) is 0 Å².